The summed E-state index contributed by atoms with van der Waals surface area (Å²) in [6.07, 6.45) is 1.25. The minimum absolute atomic E-state index is 0.232. The number of thiophene rings is 1. The quantitative estimate of drug-likeness (QED) is 0.808. The highest BCUT2D eigenvalue weighted by molar-refractivity contribution is 7.94. The molecule has 0 saturated carbocycles. The second kappa shape index (κ2) is 7.45. The van der Waals surface area contributed by atoms with Gasteiger partial charge in [-0.25, -0.2) is 8.42 Å². The van der Waals surface area contributed by atoms with Crippen molar-refractivity contribution < 1.29 is 8.42 Å². The first-order valence-electron chi connectivity index (χ1n) is 6.34. The molecular formula is C15H13ClN2O2S2. The van der Waals surface area contributed by atoms with E-state index in [2.05, 4.69) is 5.32 Å². The van der Waals surface area contributed by atoms with Crippen molar-refractivity contribution in [2.45, 2.75) is 12.3 Å². The van der Waals surface area contributed by atoms with Crippen LogP contribution in [0.15, 0.2) is 52.9 Å². The van der Waals surface area contributed by atoms with Crippen LogP contribution in [0, 0.1) is 11.3 Å². The Hall–Kier alpha value is -1.81. The average Bonchev–Trinajstić information content (AvgIpc) is 2.99. The molecule has 0 fully saturated rings. The standard InChI is InChI=1S/C15H13ClN2O2S2/c16-13-5-3-12(4-6-13)11-22(19,20)15(8-17)10-18-9-14-2-1-7-21-14/h1-7,10,18H,9,11H2. The van der Waals surface area contributed by atoms with Gasteiger partial charge in [0.25, 0.3) is 0 Å². The van der Waals surface area contributed by atoms with Crippen molar-refractivity contribution in [3.63, 3.8) is 0 Å². The van der Waals surface area contributed by atoms with Crippen molar-refractivity contribution in [2.75, 3.05) is 0 Å². The zero-order valence-corrected chi connectivity index (χ0v) is 13.9. The Labute approximate surface area is 138 Å². The third-order valence-corrected chi connectivity index (χ3v) is 5.53. The number of nitrogens with one attached hydrogen (secondary N) is 1. The lowest BCUT2D eigenvalue weighted by Crippen LogP contribution is -2.11. The largest absolute Gasteiger partial charge is 0.384 e. The molecule has 1 heterocycles. The first-order valence-corrected chi connectivity index (χ1v) is 9.25. The molecule has 0 saturated heterocycles. The number of sulfone groups is 1. The van der Waals surface area contributed by atoms with Crippen molar-refractivity contribution in [1.82, 2.24) is 5.32 Å². The predicted molar refractivity (Wildman–Crippen MR) is 88.9 cm³/mol. The van der Waals surface area contributed by atoms with Crippen molar-refractivity contribution in [1.29, 1.82) is 5.26 Å². The summed E-state index contributed by atoms with van der Waals surface area (Å²) >= 11 is 7.32. The van der Waals surface area contributed by atoms with Crippen LogP contribution in [0.1, 0.15) is 10.4 Å². The molecule has 1 aromatic carbocycles. The van der Waals surface area contributed by atoms with Gasteiger partial charge in [0.1, 0.15) is 6.07 Å². The van der Waals surface area contributed by atoms with E-state index in [1.165, 1.54) is 6.20 Å². The van der Waals surface area contributed by atoms with Gasteiger partial charge in [0.15, 0.2) is 14.7 Å². The molecule has 0 aliphatic carbocycles. The lowest BCUT2D eigenvalue weighted by atomic mass is 10.2. The summed E-state index contributed by atoms with van der Waals surface area (Å²) in [5.41, 5.74) is 0.587. The summed E-state index contributed by atoms with van der Waals surface area (Å²) < 4.78 is 24.5. The topological polar surface area (TPSA) is 70.0 Å². The van der Waals surface area contributed by atoms with Gasteiger partial charge in [-0.15, -0.1) is 11.3 Å². The lowest BCUT2D eigenvalue weighted by Gasteiger charge is -2.04. The van der Waals surface area contributed by atoms with E-state index in [1.54, 1.807) is 41.7 Å². The second-order valence-electron chi connectivity index (χ2n) is 4.47. The van der Waals surface area contributed by atoms with Crippen molar-refractivity contribution in [3.8, 4) is 6.07 Å². The van der Waals surface area contributed by atoms with Crippen molar-refractivity contribution >= 4 is 32.8 Å². The van der Waals surface area contributed by atoms with Crippen molar-refractivity contribution in [3.05, 3.63) is 68.3 Å². The summed E-state index contributed by atoms with van der Waals surface area (Å²) in [6, 6.07) is 12.1. The van der Waals surface area contributed by atoms with Crippen LogP contribution in [-0.4, -0.2) is 8.42 Å². The van der Waals surface area contributed by atoms with Gasteiger partial charge in [-0.3, -0.25) is 0 Å². The van der Waals surface area contributed by atoms with E-state index in [9.17, 15) is 8.42 Å². The Bertz CT molecular complexity index is 789. The average molecular weight is 353 g/mol. The van der Waals surface area contributed by atoms with Gasteiger partial charge in [0, 0.05) is 22.6 Å². The van der Waals surface area contributed by atoms with Crippen LogP contribution in [-0.2, 0) is 22.1 Å². The first kappa shape index (κ1) is 16.6. The number of nitrogens with zero attached hydrogens (tertiary/aromatic N) is 1. The number of benzene rings is 1. The normalized spacial score (nSPS) is 11.9. The number of halogens is 1. The zero-order valence-electron chi connectivity index (χ0n) is 11.5. The molecule has 114 valence electrons. The molecule has 0 bridgehead atoms. The molecule has 22 heavy (non-hydrogen) atoms. The third-order valence-electron chi connectivity index (χ3n) is 2.80. The summed E-state index contributed by atoms with van der Waals surface area (Å²) in [5.74, 6) is -0.232. The number of allylic oxidation sites excluding steroid dienone is 1. The molecule has 2 aromatic rings. The highest BCUT2D eigenvalue weighted by Crippen LogP contribution is 2.16. The number of rotatable bonds is 6. The molecule has 1 aromatic heterocycles. The Balaban J connectivity index is 2.07. The number of hydrogen-bond donors (Lipinski definition) is 1. The molecule has 4 nitrogen and oxygen atoms in total. The van der Waals surface area contributed by atoms with E-state index in [0.717, 1.165) is 4.88 Å². The zero-order chi connectivity index (χ0) is 16.0. The molecule has 0 radical (unpaired) electrons. The molecule has 0 unspecified atom stereocenters. The van der Waals surface area contributed by atoms with Gasteiger partial charge >= 0.3 is 0 Å². The van der Waals surface area contributed by atoms with E-state index in [0.29, 0.717) is 17.1 Å². The Morgan fingerprint density at radius 1 is 1.32 bits per heavy atom. The molecule has 0 amide bonds. The Morgan fingerprint density at radius 2 is 2.05 bits per heavy atom. The highest BCUT2D eigenvalue weighted by Gasteiger charge is 2.18. The SMILES string of the molecule is N#CC(=CNCc1cccs1)S(=O)(=O)Cc1ccc(Cl)cc1. The van der Waals surface area contributed by atoms with Crippen LogP contribution in [0.5, 0.6) is 0 Å². The van der Waals surface area contributed by atoms with Crippen LogP contribution in [0.25, 0.3) is 0 Å². The van der Waals surface area contributed by atoms with Gasteiger partial charge in [0.05, 0.1) is 5.75 Å². The fourth-order valence-corrected chi connectivity index (χ4v) is 3.70. The van der Waals surface area contributed by atoms with Crippen LogP contribution >= 0.6 is 22.9 Å². The smallest absolute Gasteiger partial charge is 0.193 e. The maximum atomic E-state index is 12.2. The fraction of sp³-hybridized carbons (Fsp3) is 0.133. The second-order valence-corrected chi connectivity index (χ2v) is 7.89. The number of nitriles is 1. The third kappa shape index (κ3) is 4.60. The molecule has 1 N–H and O–H groups in total. The van der Waals surface area contributed by atoms with Crippen LogP contribution < -0.4 is 5.32 Å². The van der Waals surface area contributed by atoms with E-state index >= 15 is 0 Å². The maximum absolute atomic E-state index is 12.2. The summed E-state index contributed by atoms with van der Waals surface area (Å²) in [6.45, 7) is 0.485. The molecule has 0 spiro atoms. The molecule has 7 heteroatoms. The van der Waals surface area contributed by atoms with Crippen LogP contribution in [0.4, 0.5) is 0 Å². The summed E-state index contributed by atoms with van der Waals surface area (Å²) in [4.78, 5) is 0.780. The Kier molecular flexibility index (Phi) is 5.61. The maximum Gasteiger partial charge on any atom is 0.193 e. The predicted octanol–water partition coefficient (Wildman–Crippen LogP) is 3.47. The van der Waals surface area contributed by atoms with E-state index in [1.807, 2.05) is 17.5 Å². The van der Waals surface area contributed by atoms with Crippen molar-refractivity contribution in [2.24, 2.45) is 0 Å². The minimum atomic E-state index is -3.68. The van der Waals surface area contributed by atoms with Gasteiger partial charge < -0.3 is 5.32 Å². The fourth-order valence-electron chi connectivity index (χ4n) is 1.73. The van der Waals surface area contributed by atoms with Gasteiger partial charge in [-0.05, 0) is 29.1 Å². The number of hydrogen-bond acceptors (Lipinski definition) is 5. The summed E-state index contributed by atoms with van der Waals surface area (Å²) in [5, 5.41) is 14.4. The summed E-state index contributed by atoms with van der Waals surface area (Å²) in [7, 11) is -3.68. The minimum Gasteiger partial charge on any atom is -0.384 e. The molecule has 2 rings (SSSR count). The molecule has 0 aliphatic rings. The lowest BCUT2D eigenvalue weighted by molar-refractivity contribution is 0.602. The Morgan fingerprint density at radius 3 is 2.64 bits per heavy atom. The monoisotopic (exact) mass is 352 g/mol. The van der Waals surface area contributed by atoms with Gasteiger partial charge in [0.2, 0.25) is 0 Å². The van der Waals surface area contributed by atoms with Crippen LogP contribution in [0.2, 0.25) is 5.02 Å². The van der Waals surface area contributed by atoms with E-state index in [-0.39, 0.29) is 10.7 Å². The molecular weight excluding hydrogens is 340 g/mol. The van der Waals surface area contributed by atoms with E-state index < -0.39 is 9.84 Å². The van der Waals surface area contributed by atoms with Gasteiger partial charge in [-0.1, -0.05) is 29.8 Å². The molecule has 0 atom stereocenters. The molecule has 0 aliphatic heterocycles. The van der Waals surface area contributed by atoms with Crippen LogP contribution in [0.3, 0.4) is 0 Å². The first-order chi connectivity index (χ1) is 10.5. The van der Waals surface area contributed by atoms with E-state index in [4.69, 9.17) is 16.9 Å². The van der Waals surface area contributed by atoms with Gasteiger partial charge in [-0.2, -0.15) is 5.26 Å². The highest BCUT2D eigenvalue weighted by atomic mass is 35.5.